The van der Waals surface area contributed by atoms with Gasteiger partial charge in [-0.2, -0.15) is 17.9 Å². The van der Waals surface area contributed by atoms with E-state index in [0.29, 0.717) is 9.59 Å². The van der Waals surface area contributed by atoms with Crippen LogP contribution in [0, 0.1) is 0 Å². The van der Waals surface area contributed by atoms with Crippen molar-refractivity contribution >= 4 is 17.6 Å². The first-order valence-corrected chi connectivity index (χ1v) is 10.7. The molecule has 0 saturated heterocycles. The summed E-state index contributed by atoms with van der Waals surface area (Å²) < 4.78 is 46.2. The Bertz CT molecular complexity index is 1500. The van der Waals surface area contributed by atoms with E-state index < -0.39 is 37.0 Å². The third kappa shape index (κ3) is 5.68. The first kappa shape index (κ1) is 28.3. The minimum atomic E-state index is -4.99. The highest BCUT2D eigenvalue weighted by molar-refractivity contribution is 6.30. The molecule has 0 fully saturated rings. The highest BCUT2D eigenvalue weighted by Gasteiger charge is 2.39. The molecule has 0 aliphatic heterocycles. The minimum Gasteiger partial charge on any atom is -0.504 e. The van der Waals surface area contributed by atoms with Crippen LogP contribution in [0.25, 0.3) is 17.2 Å². The van der Waals surface area contributed by atoms with Gasteiger partial charge in [-0.1, -0.05) is 19.0 Å². The molecule has 2 N–H and O–H groups in total. The van der Waals surface area contributed by atoms with Crippen LogP contribution in [0.15, 0.2) is 47.4 Å². The molecular weight excluding hydrogens is 535 g/mol. The molecular formula is C22H21ClF3N7O5. The molecule has 16 heteroatoms. The summed E-state index contributed by atoms with van der Waals surface area (Å²) in [5.41, 5.74) is -0.758. The van der Waals surface area contributed by atoms with Crippen molar-refractivity contribution in [1.29, 1.82) is 0 Å². The average molecular weight is 556 g/mol. The Kier molecular flexibility index (Phi) is 8.22. The van der Waals surface area contributed by atoms with Gasteiger partial charge in [0, 0.05) is 16.8 Å². The Morgan fingerprint density at radius 1 is 1.18 bits per heavy atom. The number of benzene rings is 1. The highest BCUT2D eigenvalue weighted by atomic mass is 35.5. The van der Waals surface area contributed by atoms with E-state index in [2.05, 4.69) is 24.9 Å². The van der Waals surface area contributed by atoms with Crippen LogP contribution in [-0.4, -0.2) is 69.7 Å². The maximum absolute atomic E-state index is 13.1. The lowest BCUT2D eigenvalue weighted by Gasteiger charge is -2.15. The van der Waals surface area contributed by atoms with Crippen LogP contribution in [0.2, 0.25) is 5.02 Å². The van der Waals surface area contributed by atoms with Crippen molar-refractivity contribution < 1.29 is 32.9 Å². The Balaban J connectivity index is 0.00000400. The van der Waals surface area contributed by atoms with E-state index in [-0.39, 0.29) is 42.0 Å². The van der Waals surface area contributed by atoms with Crippen molar-refractivity contribution in [3.63, 3.8) is 0 Å². The zero-order valence-corrected chi connectivity index (χ0v) is 19.6. The van der Waals surface area contributed by atoms with E-state index in [1.54, 1.807) is 0 Å². The third-order valence-electron chi connectivity index (χ3n) is 5.04. The van der Waals surface area contributed by atoms with E-state index in [4.69, 9.17) is 11.6 Å². The number of hydrogen-bond donors (Lipinski definition) is 2. The second kappa shape index (κ2) is 11.0. The molecule has 0 aliphatic rings. The average Bonchev–Trinajstić information content (AvgIpc) is 3.40. The number of esters is 1. The molecule has 0 amide bonds. The summed E-state index contributed by atoms with van der Waals surface area (Å²) in [7, 11) is 1.09. The van der Waals surface area contributed by atoms with Gasteiger partial charge in [0.15, 0.2) is 29.3 Å². The minimum absolute atomic E-state index is 0. The lowest BCUT2D eigenvalue weighted by molar-refractivity contribution is -0.207. The lowest BCUT2D eigenvalue weighted by Crippen LogP contribution is -2.37. The summed E-state index contributed by atoms with van der Waals surface area (Å²) in [6.07, 6.45) is -6.50. The largest absolute Gasteiger partial charge is 0.504 e. The fourth-order valence-corrected chi connectivity index (χ4v) is 3.40. The molecule has 4 rings (SSSR count). The third-order valence-corrected chi connectivity index (χ3v) is 5.29. The number of aromatic nitrogens is 7. The van der Waals surface area contributed by atoms with Crippen molar-refractivity contribution in [1.82, 2.24) is 34.1 Å². The predicted octanol–water partition coefficient (Wildman–Crippen LogP) is 2.44. The van der Waals surface area contributed by atoms with Gasteiger partial charge in [-0.05, 0) is 36.4 Å². The fourth-order valence-electron chi connectivity index (χ4n) is 3.28. The van der Waals surface area contributed by atoms with Gasteiger partial charge in [-0.3, -0.25) is 4.57 Å². The van der Waals surface area contributed by atoms with Crippen molar-refractivity contribution in [3.8, 4) is 23.0 Å². The number of carbonyl (C=O) groups is 1. The Morgan fingerprint density at radius 3 is 2.47 bits per heavy atom. The number of ether oxygens (including phenoxy) is 1. The standard InChI is InChI=1S/C21H17ClF3N7O5.CH4/c1-37-19(35)18-27-15(28-32(18)17-13(33)3-2-8-26-17)10-31-20(36)30(9-14(34)21(23,24)25)16(29-31)11-4-6-12(22)7-5-11;/h2-8,14,33-34H,9-10H2,1H3;1H4/t14-;/m0./s1. The number of aliphatic hydroxyl groups is 1. The number of alkyl halides is 3. The van der Waals surface area contributed by atoms with Crippen LogP contribution in [0.1, 0.15) is 23.9 Å². The number of pyridine rings is 1. The van der Waals surface area contributed by atoms with Gasteiger partial charge in [0.1, 0.15) is 6.54 Å². The van der Waals surface area contributed by atoms with Crippen LogP contribution in [0.4, 0.5) is 13.2 Å². The smallest absolute Gasteiger partial charge is 0.416 e. The summed E-state index contributed by atoms with van der Waals surface area (Å²) >= 11 is 5.88. The molecule has 0 saturated carbocycles. The van der Waals surface area contributed by atoms with E-state index >= 15 is 0 Å². The normalized spacial score (nSPS) is 12.2. The van der Waals surface area contributed by atoms with Gasteiger partial charge in [0.2, 0.25) is 5.82 Å². The molecule has 12 nitrogen and oxygen atoms in total. The number of hydrogen-bond acceptors (Lipinski definition) is 9. The van der Waals surface area contributed by atoms with Crippen LogP contribution in [0.3, 0.4) is 0 Å². The molecule has 4 aromatic rings. The molecule has 1 aromatic carbocycles. The second-order valence-electron chi connectivity index (χ2n) is 7.54. The number of aliphatic hydroxyl groups excluding tert-OH is 1. The molecule has 38 heavy (non-hydrogen) atoms. The predicted molar refractivity (Wildman–Crippen MR) is 127 cm³/mol. The van der Waals surface area contributed by atoms with E-state index in [0.717, 1.165) is 16.5 Å². The van der Waals surface area contributed by atoms with Gasteiger partial charge >= 0.3 is 17.8 Å². The first-order valence-electron chi connectivity index (χ1n) is 10.4. The van der Waals surface area contributed by atoms with Crippen molar-refractivity contribution in [2.45, 2.75) is 32.8 Å². The summed E-state index contributed by atoms with van der Waals surface area (Å²) in [4.78, 5) is 33.3. The maximum atomic E-state index is 13.1. The molecule has 3 heterocycles. The summed E-state index contributed by atoms with van der Waals surface area (Å²) in [6.45, 7) is -1.61. The van der Waals surface area contributed by atoms with Crippen LogP contribution >= 0.6 is 11.6 Å². The van der Waals surface area contributed by atoms with Gasteiger partial charge in [-0.15, -0.1) is 10.2 Å². The zero-order valence-electron chi connectivity index (χ0n) is 18.8. The highest BCUT2D eigenvalue weighted by Crippen LogP contribution is 2.24. The van der Waals surface area contributed by atoms with Crippen molar-refractivity contribution in [2.75, 3.05) is 7.11 Å². The number of aromatic hydroxyl groups is 1. The van der Waals surface area contributed by atoms with E-state index in [1.807, 2.05) is 0 Å². The molecule has 3 aromatic heterocycles. The summed E-state index contributed by atoms with van der Waals surface area (Å²) in [6, 6.07) is 8.52. The van der Waals surface area contributed by atoms with Crippen molar-refractivity contribution in [2.24, 2.45) is 0 Å². The number of halogens is 4. The first-order chi connectivity index (χ1) is 17.5. The monoisotopic (exact) mass is 555 g/mol. The van der Waals surface area contributed by atoms with Crippen LogP contribution in [-0.2, 0) is 17.8 Å². The molecule has 0 unspecified atom stereocenters. The number of nitrogens with zero attached hydrogens (tertiary/aromatic N) is 7. The van der Waals surface area contributed by atoms with Gasteiger partial charge in [0.25, 0.3) is 0 Å². The lowest BCUT2D eigenvalue weighted by atomic mass is 10.2. The Labute approximate surface area is 217 Å². The fraction of sp³-hybridized carbons (Fsp3) is 0.273. The van der Waals surface area contributed by atoms with E-state index in [1.165, 1.54) is 42.6 Å². The molecule has 0 radical (unpaired) electrons. The summed E-state index contributed by atoms with van der Waals surface area (Å²) in [5.74, 6) is -2.16. The van der Waals surface area contributed by atoms with Gasteiger partial charge in [0.05, 0.1) is 13.7 Å². The Morgan fingerprint density at radius 2 is 1.87 bits per heavy atom. The van der Waals surface area contributed by atoms with E-state index in [9.17, 15) is 33.0 Å². The quantitative estimate of drug-likeness (QED) is 0.328. The molecule has 1 atom stereocenters. The second-order valence-corrected chi connectivity index (χ2v) is 7.98. The van der Waals surface area contributed by atoms with Gasteiger partial charge < -0.3 is 14.9 Å². The molecule has 202 valence electrons. The Hall–Kier alpha value is -4.24. The topological polar surface area (TPSA) is 150 Å². The zero-order chi connectivity index (χ0) is 26.9. The SMILES string of the molecule is C.COC(=O)c1nc(Cn2nc(-c3ccc(Cl)cc3)n(C[C@H](O)C(F)(F)F)c2=O)nn1-c1ncccc1O. The van der Waals surface area contributed by atoms with Crippen molar-refractivity contribution in [3.05, 3.63) is 69.8 Å². The number of methoxy groups -OCH3 is 1. The van der Waals surface area contributed by atoms with Crippen LogP contribution in [0.5, 0.6) is 5.75 Å². The van der Waals surface area contributed by atoms with Gasteiger partial charge in [-0.25, -0.2) is 24.2 Å². The summed E-state index contributed by atoms with van der Waals surface area (Å²) in [5, 5.41) is 28.3. The number of rotatable bonds is 7. The molecule has 0 spiro atoms. The maximum Gasteiger partial charge on any atom is 0.416 e. The number of carbonyl (C=O) groups excluding carboxylic acids is 1. The molecule has 0 bridgehead atoms. The van der Waals surface area contributed by atoms with Crippen LogP contribution < -0.4 is 5.69 Å². The molecule has 0 aliphatic carbocycles.